The first-order chi connectivity index (χ1) is 16.8. The van der Waals surface area contributed by atoms with Crippen LogP contribution in [-0.2, 0) is 10.0 Å². The van der Waals surface area contributed by atoms with Crippen LogP contribution in [0.4, 0.5) is 17.1 Å². The maximum atomic E-state index is 11.9. The van der Waals surface area contributed by atoms with Gasteiger partial charge in [0.05, 0.1) is 17.6 Å². The summed E-state index contributed by atoms with van der Waals surface area (Å²) in [5, 5.41) is 13.5. The van der Waals surface area contributed by atoms with Crippen LogP contribution in [0.25, 0.3) is 11.4 Å². The summed E-state index contributed by atoms with van der Waals surface area (Å²) in [6.07, 6.45) is 1.11. The van der Waals surface area contributed by atoms with E-state index >= 15 is 0 Å². The fourth-order valence-electron chi connectivity index (χ4n) is 3.76. The molecule has 0 spiro atoms. The highest BCUT2D eigenvalue weighted by Gasteiger charge is 2.30. The van der Waals surface area contributed by atoms with Crippen LogP contribution in [0, 0.1) is 0 Å². The average molecular weight is 486 g/mol. The predicted octanol–water partition coefficient (Wildman–Crippen LogP) is 3.77. The topological polar surface area (TPSA) is 105 Å². The van der Waals surface area contributed by atoms with Crippen LogP contribution in [-0.4, -0.2) is 55.1 Å². The van der Waals surface area contributed by atoms with E-state index in [4.69, 9.17) is 10.1 Å². The Morgan fingerprint density at radius 1 is 0.857 bits per heavy atom. The summed E-state index contributed by atoms with van der Waals surface area (Å²) in [7, 11) is 0.479. The van der Waals surface area contributed by atoms with Gasteiger partial charge in [-0.1, -0.05) is 42.5 Å². The van der Waals surface area contributed by atoms with Crippen LogP contribution in [0.15, 0.2) is 89.0 Å². The molecule has 0 radical (unpaired) electrons. The Morgan fingerprint density at radius 3 is 2.20 bits per heavy atom. The first kappa shape index (κ1) is 22.5. The van der Waals surface area contributed by atoms with Gasteiger partial charge in [-0.15, -0.1) is 10.2 Å². The van der Waals surface area contributed by atoms with Gasteiger partial charge in [-0.3, -0.25) is 4.72 Å². The smallest absolute Gasteiger partial charge is 0.229 e. The van der Waals surface area contributed by atoms with E-state index in [9.17, 15) is 8.42 Å². The zero-order valence-electron chi connectivity index (χ0n) is 19.4. The van der Waals surface area contributed by atoms with Gasteiger partial charge in [0.25, 0.3) is 0 Å². The van der Waals surface area contributed by atoms with Crippen molar-refractivity contribution < 1.29 is 8.42 Å². The molecule has 1 N–H and O–H groups in total. The van der Waals surface area contributed by atoms with E-state index in [1.807, 2.05) is 79.7 Å². The van der Waals surface area contributed by atoms with Crippen LogP contribution < -0.4 is 9.62 Å². The van der Waals surface area contributed by atoms with E-state index in [1.54, 1.807) is 22.9 Å². The molecule has 0 saturated heterocycles. The maximum absolute atomic E-state index is 11.9. The molecular formula is C25H23N7O2S. The summed E-state index contributed by atoms with van der Waals surface area (Å²) < 4.78 is 28.0. The maximum Gasteiger partial charge on any atom is 0.229 e. The first-order valence-electron chi connectivity index (χ1n) is 10.8. The molecule has 35 heavy (non-hydrogen) atoms. The number of rotatable bonds is 6. The van der Waals surface area contributed by atoms with Gasteiger partial charge in [0.15, 0.2) is 5.82 Å². The minimum atomic E-state index is -3.49. The van der Waals surface area contributed by atoms with E-state index in [1.165, 1.54) is 0 Å². The number of aromatic nitrogens is 3. The van der Waals surface area contributed by atoms with Crippen molar-refractivity contribution in [2.24, 2.45) is 10.1 Å². The number of anilines is 2. The van der Waals surface area contributed by atoms with Crippen molar-refractivity contribution in [3.05, 3.63) is 90.3 Å². The summed E-state index contributed by atoms with van der Waals surface area (Å²) in [4.78, 5) is 6.90. The molecule has 0 amide bonds. The SMILES string of the molecule is CN(C)c1ccc(/N=C2/C(c3ccccc3)=Nn3c2nnc3-c2ccccc2NS(C)(=O)=O)cc1. The molecule has 0 aliphatic carbocycles. The third kappa shape index (κ3) is 4.56. The van der Waals surface area contributed by atoms with Gasteiger partial charge in [-0.05, 0) is 36.4 Å². The second-order valence-electron chi connectivity index (χ2n) is 8.26. The Balaban J connectivity index is 1.65. The number of sulfonamides is 1. The fourth-order valence-corrected chi connectivity index (χ4v) is 4.34. The van der Waals surface area contributed by atoms with Gasteiger partial charge >= 0.3 is 0 Å². The molecule has 4 aromatic rings. The van der Waals surface area contributed by atoms with Crippen LogP contribution >= 0.6 is 0 Å². The Hall–Kier alpha value is -4.31. The predicted molar refractivity (Wildman–Crippen MR) is 139 cm³/mol. The van der Waals surface area contributed by atoms with E-state index in [0.717, 1.165) is 23.2 Å². The Kier molecular flexibility index (Phi) is 5.65. The molecule has 3 aromatic carbocycles. The number of hydrogen-bond donors (Lipinski definition) is 1. The standard InChI is InChI=1S/C25H23N7O2S/c1-31(2)19-15-13-18(14-16-19)26-23-22(17-9-5-4-6-10-17)29-32-24(27-28-25(23)32)20-11-7-8-12-21(20)30-35(3,33)34/h4-16,30H,1-3H3/b26-23-. The highest BCUT2D eigenvalue weighted by Crippen LogP contribution is 2.31. The van der Waals surface area contributed by atoms with E-state index < -0.39 is 10.0 Å². The highest BCUT2D eigenvalue weighted by molar-refractivity contribution is 7.92. The lowest BCUT2D eigenvalue weighted by molar-refractivity contribution is 0.607. The summed E-state index contributed by atoms with van der Waals surface area (Å²) in [5.41, 5.74) is 4.90. The average Bonchev–Trinajstić information content (AvgIpc) is 3.40. The number of aliphatic imine (C=N–C) groups is 1. The molecule has 2 heterocycles. The van der Waals surface area contributed by atoms with Gasteiger partial charge in [-0.2, -0.15) is 9.78 Å². The quantitative estimate of drug-likeness (QED) is 0.448. The zero-order chi connectivity index (χ0) is 24.6. The van der Waals surface area contributed by atoms with Crippen LogP contribution in [0.5, 0.6) is 0 Å². The highest BCUT2D eigenvalue weighted by atomic mass is 32.2. The third-order valence-corrected chi connectivity index (χ3v) is 5.99. The monoisotopic (exact) mass is 485 g/mol. The van der Waals surface area contributed by atoms with Crippen LogP contribution in [0.2, 0.25) is 0 Å². The molecule has 0 atom stereocenters. The largest absolute Gasteiger partial charge is 0.378 e. The number of fused-ring (bicyclic) bond motifs is 1. The van der Waals surface area contributed by atoms with Crippen molar-refractivity contribution in [1.82, 2.24) is 14.9 Å². The lowest BCUT2D eigenvalue weighted by Crippen LogP contribution is -2.13. The van der Waals surface area contributed by atoms with Crippen molar-refractivity contribution >= 4 is 38.5 Å². The Labute approximate surface area is 203 Å². The van der Waals surface area contributed by atoms with Gasteiger partial charge in [0, 0.05) is 30.9 Å². The van der Waals surface area contributed by atoms with Crippen molar-refractivity contribution in [2.75, 3.05) is 30.0 Å². The summed E-state index contributed by atoms with van der Waals surface area (Å²) >= 11 is 0. The van der Waals surface area contributed by atoms with E-state index in [2.05, 4.69) is 14.9 Å². The minimum absolute atomic E-state index is 0.395. The van der Waals surface area contributed by atoms with Gasteiger partial charge < -0.3 is 4.90 Å². The van der Waals surface area contributed by atoms with Gasteiger partial charge in [0.2, 0.25) is 15.8 Å². The van der Waals surface area contributed by atoms with Crippen molar-refractivity contribution in [1.29, 1.82) is 0 Å². The van der Waals surface area contributed by atoms with Crippen LogP contribution in [0.1, 0.15) is 11.4 Å². The van der Waals surface area contributed by atoms with Crippen molar-refractivity contribution in [2.45, 2.75) is 0 Å². The molecule has 1 aromatic heterocycles. The van der Waals surface area contributed by atoms with E-state index in [-0.39, 0.29) is 0 Å². The summed E-state index contributed by atoms with van der Waals surface area (Å²) in [5.74, 6) is 0.887. The number of para-hydroxylation sites is 1. The molecule has 1 aliphatic heterocycles. The number of benzene rings is 3. The third-order valence-electron chi connectivity index (χ3n) is 5.39. The number of hydrogen-bond acceptors (Lipinski definition) is 7. The summed E-state index contributed by atoms with van der Waals surface area (Å²) in [6.45, 7) is 0. The fraction of sp³-hybridized carbons (Fsp3) is 0.120. The molecule has 9 nitrogen and oxygen atoms in total. The minimum Gasteiger partial charge on any atom is -0.378 e. The lowest BCUT2D eigenvalue weighted by atomic mass is 10.1. The van der Waals surface area contributed by atoms with Crippen molar-refractivity contribution in [3.63, 3.8) is 0 Å². The number of nitrogens with zero attached hydrogens (tertiary/aromatic N) is 6. The second-order valence-corrected chi connectivity index (χ2v) is 10.0. The molecule has 176 valence electrons. The molecule has 5 rings (SSSR count). The molecule has 0 fully saturated rings. The first-order valence-corrected chi connectivity index (χ1v) is 12.7. The Bertz CT molecular complexity index is 1560. The van der Waals surface area contributed by atoms with Crippen molar-refractivity contribution in [3.8, 4) is 11.4 Å². The molecule has 0 unspecified atom stereocenters. The molecular weight excluding hydrogens is 462 g/mol. The normalized spacial score (nSPS) is 14.0. The van der Waals surface area contributed by atoms with E-state index in [0.29, 0.717) is 34.3 Å². The number of nitrogens with one attached hydrogen (secondary N) is 1. The zero-order valence-corrected chi connectivity index (χ0v) is 20.2. The van der Waals surface area contributed by atoms with Gasteiger partial charge in [0.1, 0.15) is 11.4 Å². The Morgan fingerprint density at radius 2 is 1.51 bits per heavy atom. The van der Waals surface area contributed by atoms with Gasteiger partial charge in [-0.25, -0.2) is 13.4 Å². The molecule has 1 aliphatic rings. The molecule has 0 bridgehead atoms. The summed E-state index contributed by atoms with van der Waals surface area (Å²) in [6, 6.07) is 24.6. The van der Waals surface area contributed by atoms with Crippen LogP contribution in [0.3, 0.4) is 0 Å². The lowest BCUT2D eigenvalue weighted by Gasteiger charge is -2.11. The second kappa shape index (κ2) is 8.80. The molecule has 0 saturated carbocycles. The molecule has 10 heteroatoms.